The number of ether oxygens (including phenoxy) is 1. The topological polar surface area (TPSA) is 75.6 Å². The molecule has 0 aliphatic heterocycles. The highest BCUT2D eigenvalue weighted by molar-refractivity contribution is 6.00. The summed E-state index contributed by atoms with van der Waals surface area (Å²) in [6, 6.07) is 3.52. The van der Waals surface area contributed by atoms with Crippen LogP contribution in [0.15, 0.2) is 12.1 Å². The Labute approximate surface area is 130 Å². The number of amides is 1. The quantitative estimate of drug-likeness (QED) is 0.837. The van der Waals surface area contributed by atoms with E-state index < -0.39 is 17.4 Å². The van der Waals surface area contributed by atoms with Crippen molar-refractivity contribution in [2.75, 3.05) is 7.11 Å². The molecule has 1 aromatic carbocycles. The maximum absolute atomic E-state index is 12.5. The number of carbonyl (C=O) groups excluding carboxylic acids is 2. The number of benzene rings is 1. The second kappa shape index (κ2) is 6.38. The first kappa shape index (κ1) is 16.3. The van der Waals surface area contributed by atoms with E-state index in [0.717, 1.165) is 36.8 Å². The van der Waals surface area contributed by atoms with Crippen LogP contribution in [0.5, 0.6) is 5.75 Å². The van der Waals surface area contributed by atoms with Gasteiger partial charge in [-0.2, -0.15) is 0 Å². The Balaban J connectivity index is 2.28. The molecule has 22 heavy (non-hydrogen) atoms. The molecule has 0 bridgehead atoms. The smallest absolute Gasteiger partial charge is 0.331 e. The summed E-state index contributed by atoms with van der Waals surface area (Å²) in [5, 5.41) is 13.1. The molecule has 0 heterocycles. The number of aromatic hydroxyl groups is 1. The third-order valence-electron chi connectivity index (χ3n) is 4.48. The van der Waals surface area contributed by atoms with Crippen LogP contribution >= 0.6 is 0 Å². The monoisotopic (exact) mass is 305 g/mol. The number of hydrogen-bond acceptors (Lipinski definition) is 4. The predicted octanol–water partition coefficient (Wildman–Crippen LogP) is 2.34. The van der Waals surface area contributed by atoms with Crippen LogP contribution in [-0.4, -0.2) is 29.6 Å². The Hall–Kier alpha value is -2.04. The van der Waals surface area contributed by atoms with E-state index in [1.807, 2.05) is 6.07 Å². The molecule has 0 saturated heterocycles. The van der Waals surface area contributed by atoms with Gasteiger partial charge in [0.15, 0.2) is 0 Å². The van der Waals surface area contributed by atoms with Crippen molar-refractivity contribution in [3.63, 3.8) is 0 Å². The Morgan fingerprint density at radius 1 is 1.32 bits per heavy atom. The molecule has 0 radical (unpaired) electrons. The van der Waals surface area contributed by atoms with E-state index in [2.05, 4.69) is 5.32 Å². The number of aryl methyl sites for hydroxylation is 1. The molecule has 0 fully saturated rings. The molecule has 1 aromatic rings. The molecule has 2 N–H and O–H groups in total. The van der Waals surface area contributed by atoms with E-state index >= 15 is 0 Å². The van der Waals surface area contributed by atoms with Crippen LogP contribution in [0.25, 0.3) is 0 Å². The molecule has 0 spiro atoms. The van der Waals surface area contributed by atoms with Crippen LogP contribution in [0.3, 0.4) is 0 Å². The van der Waals surface area contributed by atoms with E-state index in [1.165, 1.54) is 7.11 Å². The molecule has 1 unspecified atom stereocenters. The number of nitrogens with one attached hydrogen (secondary N) is 1. The highest BCUT2D eigenvalue weighted by Crippen LogP contribution is 2.32. The van der Waals surface area contributed by atoms with Crippen LogP contribution in [0, 0.1) is 0 Å². The van der Waals surface area contributed by atoms with Crippen molar-refractivity contribution < 1.29 is 19.4 Å². The zero-order valence-corrected chi connectivity index (χ0v) is 13.4. The van der Waals surface area contributed by atoms with Crippen LogP contribution in [-0.2, 0) is 22.4 Å². The molecule has 5 heteroatoms. The molecule has 1 aliphatic rings. The minimum absolute atomic E-state index is 0.0398. The molecule has 0 saturated carbocycles. The van der Waals surface area contributed by atoms with Crippen molar-refractivity contribution >= 4 is 11.9 Å². The summed E-state index contributed by atoms with van der Waals surface area (Å²) in [4.78, 5) is 24.3. The summed E-state index contributed by atoms with van der Waals surface area (Å²) in [5.41, 5.74) is 1.07. The fraction of sp³-hybridized carbons (Fsp3) is 0.529. The molecule has 2 rings (SSSR count). The second-order valence-electron chi connectivity index (χ2n) is 5.94. The van der Waals surface area contributed by atoms with E-state index in [1.54, 1.807) is 19.9 Å². The van der Waals surface area contributed by atoms with Gasteiger partial charge < -0.3 is 15.2 Å². The highest BCUT2D eigenvalue weighted by atomic mass is 16.5. The van der Waals surface area contributed by atoms with Crippen molar-refractivity contribution in [3.05, 3.63) is 28.8 Å². The maximum Gasteiger partial charge on any atom is 0.331 e. The number of methoxy groups -OCH3 is 1. The van der Waals surface area contributed by atoms with Crippen molar-refractivity contribution in [2.45, 2.75) is 51.5 Å². The lowest BCUT2D eigenvalue weighted by Crippen LogP contribution is -2.52. The zero-order valence-electron chi connectivity index (χ0n) is 13.4. The number of hydrogen-bond donors (Lipinski definition) is 2. The molecule has 5 nitrogen and oxygen atoms in total. The number of phenols is 1. The molecule has 1 amide bonds. The first-order valence-electron chi connectivity index (χ1n) is 7.67. The van der Waals surface area contributed by atoms with Crippen molar-refractivity contribution in [3.8, 4) is 5.75 Å². The molecular weight excluding hydrogens is 282 g/mol. The van der Waals surface area contributed by atoms with Gasteiger partial charge in [-0.15, -0.1) is 0 Å². The summed E-state index contributed by atoms with van der Waals surface area (Å²) in [5.74, 6) is -0.917. The predicted molar refractivity (Wildman–Crippen MR) is 82.9 cm³/mol. The van der Waals surface area contributed by atoms with Gasteiger partial charge in [-0.1, -0.05) is 13.0 Å². The van der Waals surface area contributed by atoms with Gasteiger partial charge in [-0.3, -0.25) is 4.79 Å². The Morgan fingerprint density at radius 2 is 2.00 bits per heavy atom. The average molecular weight is 305 g/mol. The van der Waals surface area contributed by atoms with Crippen LogP contribution in [0.1, 0.15) is 54.6 Å². The summed E-state index contributed by atoms with van der Waals surface area (Å²) in [7, 11) is 1.29. The second-order valence-corrected chi connectivity index (χ2v) is 5.94. The van der Waals surface area contributed by atoms with Crippen LogP contribution < -0.4 is 5.32 Å². The number of carbonyl (C=O) groups is 2. The van der Waals surface area contributed by atoms with Gasteiger partial charge in [-0.05, 0) is 56.2 Å². The Morgan fingerprint density at radius 3 is 2.64 bits per heavy atom. The minimum Gasteiger partial charge on any atom is -0.507 e. The first-order valence-corrected chi connectivity index (χ1v) is 7.67. The minimum atomic E-state index is -1.10. The standard InChI is InChI=1S/C17H23NO4/c1-4-17(2,16(21)22-3)18-15(20)13-10-9-11-7-5-6-8-12(11)14(13)19/h9-10,19H,4-8H2,1-3H3,(H,18,20). The van der Waals surface area contributed by atoms with Crippen LogP contribution in [0.4, 0.5) is 0 Å². The van der Waals surface area contributed by atoms with Gasteiger partial charge in [0.2, 0.25) is 0 Å². The Kier molecular flexibility index (Phi) is 4.74. The fourth-order valence-electron chi connectivity index (χ4n) is 2.82. The van der Waals surface area contributed by atoms with E-state index in [0.29, 0.717) is 6.42 Å². The number of esters is 1. The van der Waals surface area contributed by atoms with Gasteiger partial charge in [0, 0.05) is 0 Å². The molecule has 1 aliphatic carbocycles. The summed E-state index contributed by atoms with van der Waals surface area (Å²) in [6.45, 7) is 3.41. The Bertz CT molecular complexity index is 597. The summed E-state index contributed by atoms with van der Waals surface area (Å²) in [6.07, 6.45) is 4.23. The normalized spacial score (nSPS) is 16.3. The first-order chi connectivity index (χ1) is 10.4. The largest absolute Gasteiger partial charge is 0.507 e. The molecule has 1 atom stereocenters. The number of phenolic OH excluding ortho intramolecular Hbond substituents is 1. The van der Waals surface area contributed by atoms with Crippen molar-refractivity contribution in [1.82, 2.24) is 5.32 Å². The third-order valence-corrected chi connectivity index (χ3v) is 4.48. The fourth-order valence-corrected chi connectivity index (χ4v) is 2.82. The number of fused-ring (bicyclic) bond motifs is 1. The van der Waals surface area contributed by atoms with Gasteiger partial charge in [0.05, 0.1) is 12.7 Å². The summed E-state index contributed by atoms with van der Waals surface area (Å²) < 4.78 is 4.75. The van der Waals surface area contributed by atoms with Gasteiger partial charge in [0.1, 0.15) is 11.3 Å². The van der Waals surface area contributed by atoms with Gasteiger partial charge in [0.25, 0.3) is 5.91 Å². The van der Waals surface area contributed by atoms with Crippen molar-refractivity contribution in [2.24, 2.45) is 0 Å². The number of rotatable bonds is 4. The zero-order chi connectivity index (χ0) is 16.3. The maximum atomic E-state index is 12.5. The van der Waals surface area contributed by atoms with E-state index in [9.17, 15) is 14.7 Å². The lowest BCUT2D eigenvalue weighted by Gasteiger charge is -2.27. The lowest BCUT2D eigenvalue weighted by atomic mass is 9.89. The summed E-state index contributed by atoms with van der Waals surface area (Å²) >= 11 is 0. The van der Waals surface area contributed by atoms with Crippen LogP contribution in [0.2, 0.25) is 0 Å². The van der Waals surface area contributed by atoms with Gasteiger partial charge in [-0.25, -0.2) is 4.79 Å². The molecule has 120 valence electrons. The molecule has 0 aromatic heterocycles. The van der Waals surface area contributed by atoms with Gasteiger partial charge >= 0.3 is 5.97 Å². The van der Waals surface area contributed by atoms with Crippen molar-refractivity contribution in [1.29, 1.82) is 0 Å². The SMILES string of the molecule is CCC(C)(NC(=O)c1ccc2c(c1O)CCCC2)C(=O)OC. The third kappa shape index (κ3) is 2.93. The molecular formula is C17H23NO4. The average Bonchev–Trinajstić information content (AvgIpc) is 2.54. The van der Waals surface area contributed by atoms with E-state index in [4.69, 9.17) is 4.74 Å². The highest BCUT2D eigenvalue weighted by Gasteiger charge is 2.35. The van der Waals surface area contributed by atoms with E-state index in [-0.39, 0.29) is 11.3 Å². The lowest BCUT2D eigenvalue weighted by molar-refractivity contribution is -0.147.